The molecule has 106 valence electrons. The minimum Gasteiger partial charge on any atom is -0.353 e. The van der Waals surface area contributed by atoms with Crippen molar-refractivity contribution in [1.29, 1.82) is 0 Å². The highest BCUT2D eigenvalue weighted by molar-refractivity contribution is 5.29. The van der Waals surface area contributed by atoms with Crippen LogP contribution < -0.4 is 5.32 Å². The van der Waals surface area contributed by atoms with E-state index in [0.717, 1.165) is 13.0 Å². The summed E-state index contributed by atoms with van der Waals surface area (Å²) in [5, 5.41) is 3.46. The molecule has 0 radical (unpaired) electrons. The van der Waals surface area contributed by atoms with E-state index in [2.05, 4.69) is 40.4 Å². The lowest BCUT2D eigenvalue weighted by molar-refractivity contribution is 0.530. The van der Waals surface area contributed by atoms with E-state index < -0.39 is 0 Å². The fourth-order valence-corrected chi connectivity index (χ4v) is 3.15. The van der Waals surface area contributed by atoms with Gasteiger partial charge in [0.05, 0.1) is 0 Å². The molecular formula is C17H23N3. The quantitative estimate of drug-likeness (QED) is 0.864. The normalized spacial score (nSPS) is 18.6. The van der Waals surface area contributed by atoms with E-state index >= 15 is 0 Å². The Bertz CT molecular complexity index is 545. The maximum absolute atomic E-state index is 4.18. The lowest BCUT2D eigenvalue weighted by atomic mass is 10.1. The first-order valence-corrected chi connectivity index (χ1v) is 7.61. The molecule has 2 aromatic heterocycles. The van der Waals surface area contributed by atoms with Gasteiger partial charge in [-0.15, -0.1) is 0 Å². The van der Waals surface area contributed by atoms with Crippen LogP contribution in [0.25, 0.3) is 0 Å². The van der Waals surface area contributed by atoms with E-state index in [1.165, 1.54) is 42.4 Å². The number of fused-ring (bicyclic) bond motifs is 1. The molecule has 3 heteroatoms. The molecule has 20 heavy (non-hydrogen) atoms. The predicted octanol–water partition coefficient (Wildman–Crippen LogP) is 3.11. The van der Waals surface area contributed by atoms with Crippen LogP contribution in [0.4, 0.5) is 0 Å². The average molecular weight is 269 g/mol. The summed E-state index contributed by atoms with van der Waals surface area (Å²) < 4.78 is 2.35. The first-order chi connectivity index (χ1) is 9.86. The van der Waals surface area contributed by atoms with E-state index in [4.69, 9.17) is 0 Å². The third-order valence-electron chi connectivity index (χ3n) is 4.29. The Balaban J connectivity index is 1.72. The molecule has 0 aliphatic heterocycles. The summed E-state index contributed by atoms with van der Waals surface area (Å²) in [5.74, 6) is 0. The van der Waals surface area contributed by atoms with Gasteiger partial charge in [-0.2, -0.15) is 0 Å². The highest BCUT2D eigenvalue weighted by Gasteiger charge is 2.18. The molecule has 3 rings (SSSR count). The van der Waals surface area contributed by atoms with E-state index in [9.17, 15) is 0 Å². The van der Waals surface area contributed by atoms with Gasteiger partial charge in [-0.1, -0.05) is 12.5 Å². The average Bonchev–Trinajstić information content (AvgIpc) is 2.80. The zero-order valence-electron chi connectivity index (χ0n) is 12.2. The predicted molar refractivity (Wildman–Crippen MR) is 81.7 cm³/mol. The van der Waals surface area contributed by atoms with Gasteiger partial charge in [0.2, 0.25) is 0 Å². The molecule has 0 saturated heterocycles. The van der Waals surface area contributed by atoms with Crippen LogP contribution in [0.1, 0.15) is 42.0 Å². The minimum atomic E-state index is 0.534. The Morgan fingerprint density at radius 2 is 2.30 bits per heavy atom. The minimum absolute atomic E-state index is 0.534. The monoisotopic (exact) mass is 269 g/mol. The summed E-state index contributed by atoms with van der Waals surface area (Å²) >= 11 is 0. The van der Waals surface area contributed by atoms with Crippen molar-refractivity contribution in [3.05, 3.63) is 53.6 Å². The first kappa shape index (κ1) is 13.4. The van der Waals surface area contributed by atoms with Crippen molar-refractivity contribution in [2.24, 2.45) is 0 Å². The van der Waals surface area contributed by atoms with Gasteiger partial charge in [0.15, 0.2) is 0 Å². The van der Waals surface area contributed by atoms with Crippen molar-refractivity contribution < 1.29 is 0 Å². The Kier molecular flexibility index (Phi) is 4.16. The molecule has 0 amide bonds. The van der Waals surface area contributed by atoms with E-state index in [1.807, 2.05) is 18.5 Å². The van der Waals surface area contributed by atoms with Crippen LogP contribution in [0.3, 0.4) is 0 Å². The molecule has 1 aliphatic rings. The largest absolute Gasteiger partial charge is 0.353 e. The highest BCUT2D eigenvalue weighted by Crippen LogP contribution is 2.29. The summed E-state index contributed by atoms with van der Waals surface area (Å²) in [5.41, 5.74) is 4.35. The van der Waals surface area contributed by atoms with Gasteiger partial charge in [-0.3, -0.25) is 4.98 Å². The second-order valence-corrected chi connectivity index (χ2v) is 5.67. The van der Waals surface area contributed by atoms with Gasteiger partial charge in [-0.05, 0) is 55.5 Å². The van der Waals surface area contributed by atoms with Crippen molar-refractivity contribution in [3.63, 3.8) is 0 Å². The van der Waals surface area contributed by atoms with Crippen molar-refractivity contribution in [2.75, 3.05) is 7.05 Å². The van der Waals surface area contributed by atoms with Crippen molar-refractivity contribution in [3.8, 4) is 0 Å². The Morgan fingerprint density at radius 3 is 3.10 bits per heavy atom. The van der Waals surface area contributed by atoms with E-state index in [1.54, 1.807) is 0 Å². The van der Waals surface area contributed by atoms with Crippen LogP contribution in [0.15, 0.2) is 36.9 Å². The molecule has 0 fully saturated rings. The maximum Gasteiger partial charge on any atom is 0.0335 e. The SMILES string of the molecule is CNC1CCCCc2cn(CCc3cccnc3)cc21. The van der Waals surface area contributed by atoms with Gasteiger partial charge in [0.25, 0.3) is 0 Å². The summed E-state index contributed by atoms with van der Waals surface area (Å²) in [6.07, 6.45) is 14.7. The molecule has 2 heterocycles. The van der Waals surface area contributed by atoms with Gasteiger partial charge >= 0.3 is 0 Å². The molecule has 0 spiro atoms. The second-order valence-electron chi connectivity index (χ2n) is 5.67. The zero-order valence-corrected chi connectivity index (χ0v) is 12.2. The molecule has 0 bridgehead atoms. The number of aryl methyl sites for hydroxylation is 3. The van der Waals surface area contributed by atoms with Crippen LogP contribution in [-0.2, 0) is 19.4 Å². The van der Waals surface area contributed by atoms with Crippen molar-refractivity contribution >= 4 is 0 Å². The molecule has 1 unspecified atom stereocenters. The summed E-state index contributed by atoms with van der Waals surface area (Å²) in [7, 11) is 2.08. The lowest BCUT2D eigenvalue weighted by Crippen LogP contribution is -2.15. The molecule has 0 aromatic carbocycles. The first-order valence-electron chi connectivity index (χ1n) is 7.61. The van der Waals surface area contributed by atoms with Crippen molar-refractivity contribution in [2.45, 2.75) is 44.7 Å². The Labute approximate surface area is 121 Å². The molecule has 0 saturated carbocycles. The Hall–Kier alpha value is -1.61. The fraction of sp³-hybridized carbons (Fsp3) is 0.471. The second kappa shape index (κ2) is 6.23. The molecule has 1 N–H and O–H groups in total. The summed E-state index contributed by atoms with van der Waals surface area (Å²) in [4.78, 5) is 4.18. The zero-order chi connectivity index (χ0) is 13.8. The standard InChI is InChI=1S/C17H23N3/c1-18-17-7-3-2-6-15-12-20(13-16(15)17)10-8-14-5-4-9-19-11-14/h4-5,9,11-13,17-18H,2-3,6-8,10H2,1H3. The van der Waals surface area contributed by atoms with Crippen LogP contribution >= 0.6 is 0 Å². The topological polar surface area (TPSA) is 29.9 Å². The molecule has 1 aliphatic carbocycles. The number of aromatic nitrogens is 2. The highest BCUT2D eigenvalue weighted by atomic mass is 15.0. The Morgan fingerprint density at radius 1 is 1.35 bits per heavy atom. The summed E-state index contributed by atoms with van der Waals surface area (Å²) in [6.45, 7) is 1.04. The smallest absolute Gasteiger partial charge is 0.0335 e. The molecule has 3 nitrogen and oxygen atoms in total. The number of nitrogens with one attached hydrogen (secondary N) is 1. The van der Waals surface area contributed by atoms with Gasteiger partial charge in [-0.25, -0.2) is 0 Å². The van der Waals surface area contributed by atoms with E-state index in [-0.39, 0.29) is 0 Å². The number of hydrogen-bond donors (Lipinski definition) is 1. The molecule has 1 atom stereocenters. The van der Waals surface area contributed by atoms with E-state index in [0.29, 0.717) is 6.04 Å². The molecule has 2 aromatic rings. The van der Waals surface area contributed by atoms with Gasteiger partial charge in [0.1, 0.15) is 0 Å². The van der Waals surface area contributed by atoms with Crippen LogP contribution in [0.5, 0.6) is 0 Å². The third kappa shape index (κ3) is 2.93. The van der Waals surface area contributed by atoms with Crippen LogP contribution in [0.2, 0.25) is 0 Å². The summed E-state index contributed by atoms with van der Waals surface area (Å²) in [6, 6.07) is 4.70. The maximum atomic E-state index is 4.18. The lowest BCUT2D eigenvalue weighted by Gasteiger charge is -2.13. The number of rotatable bonds is 4. The van der Waals surface area contributed by atoms with Gasteiger partial charge < -0.3 is 9.88 Å². The van der Waals surface area contributed by atoms with Crippen molar-refractivity contribution in [1.82, 2.24) is 14.9 Å². The molecular weight excluding hydrogens is 246 g/mol. The van der Waals surface area contributed by atoms with Crippen LogP contribution in [0, 0.1) is 0 Å². The number of hydrogen-bond acceptors (Lipinski definition) is 2. The fourth-order valence-electron chi connectivity index (χ4n) is 3.15. The number of pyridine rings is 1. The third-order valence-corrected chi connectivity index (χ3v) is 4.29. The van der Waals surface area contributed by atoms with Gasteiger partial charge in [0, 0.05) is 37.4 Å². The van der Waals surface area contributed by atoms with Crippen LogP contribution in [-0.4, -0.2) is 16.6 Å². The number of nitrogens with zero attached hydrogens (tertiary/aromatic N) is 2.